The monoisotopic (exact) mass is 266 g/mol. The fourth-order valence-electron chi connectivity index (χ4n) is 4.06. The first kappa shape index (κ1) is 12.4. The first-order valence-electron chi connectivity index (χ1n) is 7.99. The zero-order valence-electron chi connectivity index (χ0n) is 12.0. The van der Waals surface area contributed by atoms with Gasteiger partial charge in [0.25, 0.3) is 0 Å². The zero-order valence-corrected chi connectivity index (χ0v) is 12.0. The van der Waals surface area contributed by atoms with Gasteiger partial charge in [-0.15, -0.1) is 0 Å². The van der Waals surface area contributed by atoms with Gasteiger partial charge >= 0.3 is 0 Å². The molecule has 1 aliphatic carbocycles. The van der Waals surface area contributed by atoms with Crippen LogP contribution < -0.4 is 0 Å². The summed E-state index contributed by atoms with van der Waals surface area (Å²) in [6.07, 6.45) is 9.35. The summed E-state index contributed by atoms with van der Waals surface area (Å²) in [6.45, 7) is 0. The van der Waals surface area contributed by atoms with Crippen LogP contribution in [0.5, 0.6) is 0 Å². The highest BCUT2D eigenvalue weighted by Gasteiger charge is 2.41. The van der Waals surface area contributed by atoms with Crippen LogP contribution >= 0.6 is 0 Å². The standard InChI is InChI=1S/C19H22O/c1-2-6-17-13-15(7-8-16(17)5-1)14-18-9-12-19(20-18)10-3-4-11-19/h1-2,5-8,13,18H,3-4,9-12,14H2/t18-/m0/s1. The van der Waals surface area contributed by atoms with E-state index in [1.54, 1.807) is 0 Å². The summed E-state index contributed by atoms with van der Waals surface area (Å²) in [5, 5.41) is 2.68. The predicted octanol–water partition coefficient (Wildman–Crippen LogP) is 4.87. The number of hydrogen-bond acceptors (Lipinski definition) is 1. The van der Waals surface area contributed by atoms with Crippen LogP contribution in [0.1, 0.15) is 44.1 Å². The van der Waals surface area contributed by atoms with Crippen LogP contribution in [-0.2, 0) is 11.2 Å². The van der Waals surface area contributed by atoms with Crippen LogP contribution in [0.2, 0.25) is 0 Å². The third-order valence-electron chi connectivity index (χ3n) is 5.13. The van der Waals surface area contributed by atoms with Gasteiger partial charge in [-0.05, 0) is 48.4 Å². The third-order valence-corrected chi connectivity index (χ3v) is 5.13. The Kier molecular flexibility index (Phi) is 3.03. The molecule has 1 saturated heterocycles. The second-order valence-electron chi connectivity index (χ2n) is 6.55. The molecule has 2 aromatic rings. The zero-order chi connectivity index (χ0) is 13.4. The molecule has 1 saturated carbocycles. The fourth-order valence-corrected chi connectivity index (χ4v) is 4.06. The van der Waals surface area contributed by atoms with Crippen molar-refractivity contribution in [2.75, 3.05) is 0 Å². The normalized spacial score (nSPS) is 24.7. The summed E-state index contributed by atoms with van der Waals surface area (Å²) in [5.74, 6) is 0. The highest BCUT2D eigenvalue weighted by Crippen LogP contribution is 2.43. The summed E-state index contributed by atoms with van der Waals surface area (Å²) in [5.41, 5.74) is 1.69. The van der Waals surface area contributed by atoms with Crippen LogP contribution in [-0.4, -0.2) is 11.7 Å². The Morgan fingerprint density at radius 1 is 0.950 bits per heavy atom. The van der Waals surface area contributed by atoms with E-state index in [1.807, 2.05) is 0 Å². The summed E-state index contributed by atoms with van der Waals surface area (Å²) in [6, 6.07) is 15.4. The topological polar surface area (TPSA) is 9.23 Å². The average Bonchev–Trinajstić information content (AvgIpc) is 3.09. The number of hydrogen-bond donors (Lipinski definition) is 0. The maximum atomic E-state index is 6.43. The molecule has 0 aromatic heterocycles. The van der Waals surface area contributed by atoms with Crippen molar-refractivity contribution in [3.05, 3.63) is 48.0 Å². The van der Waals surface area contributed by atoms with E-state index in [4.69, 9.17) is 4.74 Å². The van der Waals surface area contributed by atoms with E-state index in [1.165, 1.54) is 54.9 Å². The van der Waals surface area contributed by atoms with Gasteiger partial charge in [0.05, 0.1) is 11.7 Å². The highest BCUT2D eigenvalue weighted by atomic mass is 16.5. The highest BCUT2D eigenvalue weighted by molar-refractivity contribution is 5.82. The van der Waals surface area contributed by atoms with E-state index in [0.717, 1.165) is 6.42 Å². The molecule has 2 aromatic carbocycles. The van der Waals surface area contributed by atoms with Crippen molar-refractivity contribution >= 4 is 10.8 Å². The molecule has 1 spiro atoms. The van der Waals surface area contributed by atoms with E-state index in [0.29, 0.717) is 6.10 Å². The molecule has 4 rings (SSSR count). The lowest BCUT2D eigenvalue weighted by Crippen LogP contribution is -2.25. The van der Waals surface area contributed by atoms with Gasteiger partial charge < -0.3 is 4.74 Å². The maximum absolute atomic E-state index is 6.43. The van der Waals surface area contributed by atoms with Gasteiger partial charge in [-0.3, -0.25) is 0 Å². The van der Waals surface area contributed by atoms with E-state index in [9.17, 15) is 0 Å². The minimum absolute atomic E-state index is 0.265. The van der Waals surface area contributed by atoms with Crippen molar-refractivity contribution in [1.29, 1.82) is 0 Å². The molecule has 1 atom stereocenters. The van der Waals surface area contributed by atoms with Gasteiger partial charge in [0.15, 0.2) is 0 Å². The average molecular weight is 266 g/mol. The lowest BCUT2D eigenvalue weighted by atomic mass is 9.97. The SMILES string of the molecule is c1ccc2cc(C[C@@H]3CCC4(CCCC4)O3)ccc2c1. The van der Waals surface area contributed by atoms with Crippen molar-refractivity contribution in [2.24, 2.45) is 0 Å². The first-order chi connectivity index (χ1) is 9.83. The number of fused-ring (bicyclic) bond motifs is 1. The minimum atomic E-state index is 0.265. The Morgan fingerprint density at radius 3 is 2.60 bits per heavy atom. The summed E-state index contributed by atoms with van der Waals surface area (Å²) >= 11 is 0. The molecule has 2 aliphatic rings. The van der Waals surface area contributed by atoms with Crippen LogP contribution in [0.25, 0.3) is 10.8 Å². The molecule has 1 aliphatic heterocycles. The van der Waals surface area contributed by atoms with Gasteiger partial charge in [-0.25, -0.2) is 0 Å². The maximum Gasteiger partial charge on any atom is 0.0687 e. The lowest BCUT2D eigenvalue weighted by molar-refractivity contribution is -0.0355. The van der Waals surface area contributed by atoms with Gasteiger partial charge in [0, 0.05) is 0 Å². The second-order valence-corrected chi connectivity index (χ2v) is 6.55. The van der Waals surface area contributed by atoms with Crippen molar-refractivity contribution in [3.8, 4) is 0 Å². The Hall–Kier alpha value is -1.34. The van der Waals surface area contributed by atoms with Crippen LogP contribution in [0.4, 0.5) is 0 Å². The number of ether oxygens (including phenoxy) is 1. The molecule has 0 radical (unpaired) electrons. The van der Waals surface area contributed by atoms with Crippen LogP contribution in [0, 0.1) is 0 Å². The van der Waals surface area contributed by atoms with Gasteiger partial charge in [0.1, 0.15) is 0 Å². The van der Waals surface area contributed by atoms with Crippen LogP contribution in [0.15, 0.2) is 42.5 Å². The van der Waals surface area contributed by atoms with Crippen molar-refractivity contribution in [3.63, 3.8) is 0 Å². The predicted molar refractivity (Wildman–Crippen MR) is 83.0 cm³/mol. The van der Waals surface area contributed by atoms with Gasteiger partial charge in [-0.1, -0.05) is 55.3 Å². The molecule has 104 valence electrons. The largest absolute Gasteiger partial charge is 0.371 e. The molecule has 1 nitrogen and oxygen atoms in total. The van der Waals surface area contributed by atoms with E-state index in [2.05, 4.69) is 42.5 Å². The third kappa shape index (κ3) is 2.25. The Labute approximate surface area is 120 Å². The van der Waals surface area contributed by atoms with Gasteiger partial charge in [-0.2, -0.15) is 0 Å². The minimum Gasteiger partial charge on any atom is -0.371 e. The lowest BCUT2D eigenvalue weighted by Gasteiger charge is -2.23. The van der Waals surface area contributed by atoms with E-state index in [-0.39, 0.29) is 5.60 Å². The van der Waals surface area contributed by atoms with Crippen molar-refractivity contribution in [2.45, 2.75) is 56.7 Å². The molecule has 0 N–H and O–H groups in total. The Morgan fingerprint density at radius 2 is 1.75 bits per heavy atom. The second kappa shape index (κ2) is 4.89. The van der Waals surface area contributed by atoms with E-state index < -0.39 is 0 Å². The Bertz CT molecular complexity index is 610. The molecule has 0 unspecified atom stereocenters. The molecule has 20 heavy (non-hydrogen) atoms. The first-order valence-corrected chi connectivity index (χ1v) is 7.99. The van der Waals surface area contributed by atoms with Crippen molar-refractivity contribution in [1.82, 2.24) is 0 Å². The molecule has 0 amide bonds. The smallest absolute Gasteiger partial charge is 0.0687 e. The quantitative estimate of drug-likeness (QED) is 0.753. The fraction of sp³-hybridized carbons (Fsp3) is 0.474. The molecule has 1 heterocycles. The molecule has 0 bridgehead atoms. The molecule has 1 heteroatoms. The Balaban J connectivity index is 1.50. The summed E-state index contributed by atoms with van der Waals surface area (Å²) in [7, 11) is 0. The molecular formula is C19H22O. The van der Waals surface area contributed by atoms with Crippen molar-refractivity contribution < 1.29 is 4.74 Å². The van der Waals surface area contributed by atoms with Crippen LogP contribution in [0.3, 0.4) is 0 Å². The summed E-state index contributed by atoms with van der Waals surface area (Å²) in [4.78, 5) is 0. The van der Waals surface area contributed by atoms with E-state index >= 15 is 0 Å². The summed E-state index contributed by atoms with van der Waals surface area (Å²) < 4.78 is 6.43. The van der Waals surface area contributed by atoms with Gasteiger partial charge in [0.2, 0.25) is 0 Å². The molecule has 2 fully saturated rings. The molecular weight excluding hydrogens is 244 g/mol. The number of rotatable bonds is 2. The number of benzene rings is 2.